The molecule has 0 saturated carbocycles. The fraction of sp³-hybridized carbons (Fsp3) is 0.467. The van der Waals surface area contributed by atoms with Crippen molar-refractivity contribution in [3.63, 3.8) is 0 Å². The normalized spacial score (nSPS) is 11.1. The molecule has 5 nitrogen and oxygen atoms in total. The summed E-state index contributed by atoms with van der Waals surface area (Å²) in [5, 5.41) is 8.00. The zero-order valence-electron chi connectivity index (χ0n) is 12.6. The first kappa shape index (κ1) is 14.4. The molecule has 1 heterocycles. The Kier molecular flexibility index (Phi) is 4.27. The van der Waals surface area contributed by atoms with Crippen LogP contribution in [0.15, 0.2) is 18.2 Å². The Morgan fingerprint density at radius 1 is 1.30 bits per heavy atom. The summed E-state index contributed by atoms with van der Waals surface area (Å²) in [6, 6.07) is 6.20. The Labute approximate surface area is 119 Å². The summed E-state index contributed by atoms with van der Waals surface area (Å²) < 4.78 is 7.66. The SMILES string of the molecule is Cc1ccc(C)c(OCCn2nnc(N)c2C(C)C)c1. The van der Waals surface area contributed by atoms with E-state index in [1.165, 1.54) is 5.56 Å². The van der Waals surface area contributed by atoms with Gasteiger partial charge in [-0.05, 0) is 37.0 Å². The Bertz CT molecular complexity index is 590. The monoisotopic (exact) mass is 274 g/mol. The smallest absolute Gasteiger partial charge is 0.169 e. The molecule has 0 unspecified atom stereocenters. The van der Waals surface area contributed by atoms with Crippen LogP contribution in [0.3, 0.4) is 0 Å². The van der Waals surface area contributed by atoms with Gasteiger partial charge >= 0.3 is 0 Å². The minimum absolute atomic E-state index is 0.297. The number of ether oxygens (including phenoxy) is 1. The lowest BCUT2D eigenvalue weighted by atomic mass is 10.1. The number of aryl methyl sites for hydroxylation is 2. The van der Waals surface area contributed by atoms with Crippen molar-refractivity contribution in [3.05, 3.63) is 35.0 Å². The largest absolute Gasteiger partial charge is 0.491 e. The second kappa shape index (κ2) is 5.94. The number of nitrogen functional groups attached to an aromatic ring is 1. The fourth-order valence-electron chi connectivity index (χ4n) is 2.20. The van der Waals surface area contributed by atoms with E-state index < -0.39 is 0 Å². The van der Waals surface area contributed by atoms with E-state index in [1.54, 1.807) is 0 Å². The van der Waals surface area contributed by atoms with Crippen molar-refractivity contribution in [3.8, 4) is 5.75 Å². The minimum atomic E-state index is 0.297. The van der Waals surface area contributed by atoms with Crippen LogP contribution >= 0.6 is 0 Å². The van der Waals surface area contributed by atoms with E-state index >= 15 is 0 Å². The van der Waals surface area contributed by atoms with Gasteiger partial charge in [-0.2, -0.15) is 0 Å². The molecule has 0 aliphatic carbocycles. The highest BCUT2D eigenvalue weighted by atomic mass is 16.5. The lowest BCUT2D eigenvalue weighted by Crippen LogP contribution is -2.14. The fourth-order valence-corrected chi connectivity index (χ4v) is 2.20. The van der Waals surface area contributed by atoms with Gasteiger partial charge in [-0.15, -0.1) is 5.10 Å². The topological polar surface area (TPSA) is 66.0 Å². The molecule has 0 radical (unpaired) electrons. The molecule has 0 amide bonds. The predicted molar refractivity (Wildman–Crippen MR) is 79.9 cm³/mol. The molecule has 0 saturated heterocycles. The van der Waals surface area contributed by atoms with Gasteiger partial charge in [-0.3, -0.25) is 0 Å². The number of hydrogen-bond acceptors (Lipinski definition) is 4. The van der Waals surface area contributed by atoms with E-state index in [2.05, 4.69) is 43.2 Å². The van der Waals surface area contributed by atoms with Gasteiger partial charge in [0.1, 0.15) is 12.4 Å². The number of nitrogens with zero attached hydrogens (tertiary/aromatic N) is 3. The second-order valence-corrected chi connectivity index (χ2v) is 5.36. The van der Waals surface area contributed by atoms with Gasteiger partial charge < -0.3 is 10.5 Å². The second-order valence-electron chi connectivity index (χ2n) is 5.36. The first-order valence-electron chi connectivity index (χ1n) is 6.88. The van der Waals surface area contributed by atoms with Crippen molar-refractivity contribution in [2.24, 2.45) is 0 Å². The first-order valence-corrected chi connectivity index (χ1v) is 6.88. The number of hydrogen-bond donors (Lipinski definition) is 1. The number of nitrogens with two attached hydrogens (primary N) is 1. The number of benzene rings is 1. The Hall–Kier alpha value is -2.04. The lowest BCUT2D eigenvalue weighted by molar-refractivity contribution is 0.285. The molecule has 20 heavy (non-hydrogen) atoms. The van der Waals surface area contributed by atoms with Crippen molar-refractivity contribution in [2.75, 3.05) is 12.3 Å². The highest BCUT2D eigenvalue weighted by Gasteiger charge is 2.13. The zero-order chi connectivity index (χ0) is 14.7. The molecule has 0 fully saturated rings. The van der Waals surface area contributed by atoms with E-state index in [9.17, 15) is 0 Å². The molecule has 1 aromatic carbocycles. The van der Waals surface area contributed by atoms with Crippen LogP contribution in [-0.2, 0) is 6.54 Å². The molecule has 2 N–H and O–H groups in total. The van der Waals surface area contributed by atoms with Crippen LogP contribution < -0.4 is 10.5 Å². The van der Waals surface area contributed by atoms with E-state index in [4.69, 9.17) is 10.5 Å². The zero-order valence-corrected chi connectivity index (χ0v) is 12.6. The molecule has 1 aromatic heterocycles. The molecule has 2 rings (SSSR count). The lowest BCUT2D eigenvalue weighted by Gasteiger charge is -2.12. The molecule has 0 atom stereocenters. The third-order valence-corrected chi connectivity index (χ3v) is 3.25. The van der Waals surface area contributed by atoms with Gasteiger partial charge in [0.05, 0.1) is 12.2 Å². The maximum atomic E-state index is 5.84. The van der Waals surface area contributed by atoms with Gasteiger partial charge in [0.25, 0.3) is 0 Å². The summed E-state index contributed by atoms with van der Waals surface area (Å²) in [4.78, 5) is 0. The van der Waals surface area contributed by atoms with E-state index in [0.717, 1.165) is 17.0 Å². The molecule has 108 valence electrons. The third-order valence-electron chi connectivity index (χ3n) is 3.25. The first-order chi connectivity index (χ1) is 9.49. The van der Waals surface area contributed by atoms with Gasteiger partial charge in [0.15, 0.2) is 5.82 Å². The van der Waals surface area contributed by atoms with Gasteiger partial charge in [0, 0.05) is 0 Å². The molecule has 5 heteroatoms. The summed E-state index contributed by atoms with van der Waals surface area (Å²) in [6.45, 7) is 9.45. The van der Waals surface area contributed by atoms with Crippen LogP contribution in [0, 0.1) is 13.8 Å². The van der Waals surface area contributed by atoms with Gasteiger partial charge in [-0.25, -0.2) is 4.68 Å². The molecule has 0 aliphatic rings. The number of anilines is 1. The van der Waals surface area contributed by atoms with Crippen molar-refractivity contribution < 1.29 is 4.74 Å². The number of aromatic nitrogens is 3. The quantitative estimate of drug-likeness (QED) is 0.910. The van der Waals surface area contributed by atoms with Crippen LogP contribution in [-0.4, -0.2) is 21.6 Å². The van der Waals surface area contributed by atoms with Gasteiger partial charge in [0.2, 0.25) is 0 Å². The third kappa shape index (κ3) is 3.10. The number of rotatable bonds is 5. The summed E-state index contributed by atoms with van der Waals surface area (Å²) >= 11 is 0. The van der Waals surface area contributed by atoms with Crippen LogP contribution in [0.1, 0.15) is 36.6 Å². The van der Waals surface area contributed by atoms with Crippen molar-refractivity contribution in [1.29, 1.82) is 0 Å². The summed E-state index contributed by atoms with van der Waals surface area (Å²) in [6.07, 6.45) is 0. The Morgan fingerprint density at radius 2 is 2.05 bits per heavy atom. The molecule has 2 aromatic rings. The average Bonchev–Trinajstić information content (AvgIpc) is 2.75. The highest BCUT2D eigenvalue weighted by molar-refractivity contribution is 5.36. The molecule has 0 aliphatic heterocycles. The van der Waals surface area contributed by atoms with Crippen LogP contribution in [0.4, 0.5) is 5.82 Å². The summed E-state index contributed by atoms with van der Waals surface area (Å²) in [5.41, 5.74) is 9.13. The van der Waals surface area contributed by atoms with Gasteiger partial charge in [-0.1, -0.05) is 31.2 Å². The molecular weight excluding hydrogens is 252 g/mol. The average molecular weight is 274 g/mol. The van der Waals surface area contributed by atoms with Crippen LogP contribution in [0.25, 0.3) is 0 Å². The van der Waals surface area contributed by atoms with Crippen molar-refractivity contribution >= 4 is 5.82 Å². The summed E-state index contributed by atoms with van der Waals surface area (Å²) in [5.74, 6) is 1.72. The van der Waals surface area contributed by atoms with E-state index in [0.29, 0.717) is 24.9 Å². The van der Waals surface area contributed by atoms with Crippen molar-refractivity contribution in [1.82, 2.24) is 15.0 Å². The van der Waals surface area contributed by atoms with Crippen molar-refractivity contribution in [2.45, 2.75) is 40.2 Å². The summed E-state index contributed by atoms with van der Waals surface area (Å²) in [7, 11) is 0. The molecule has 0 bridgehead atoms. The predicted octanol–water partition coefficient (Wildman–Crippen LogP) is 2.68. The van der Waals surface area contributed by atoms with E-state index in [1.807, 2.05) is 17.7 Å². The van der Waals surface area contributed by atoms with Crippen LogP contribution in [0.5, 0.6) is 5.75 Å². The highest BCUT2D eigenvalue weighted by Crippen LogP contribution is 2.21. The molecule has 0 spiro atoms. The standard InChI is InChI=1S/C15H22N4O/c1-10(2)14-15(16)17-18-19(14)7-8-20-13-9-11(3)5-6-12(13)4/h5-6,9-10H,7-8,16H2,1-4H3. The maximum absolute atomic E-state index is 5.84. The van der Waals surface area contributed by atoms with Crippen LogP contribution in [0.2, 0.25) is 0 Å². The van der Waals surface area contributed by atoms with E-state index in [-0.39, 0.29) is 0 Å². The Balaban J connectivity index is 2.01. The maximum Gasteiger partial charge on any atom is 0.169 e. The molecular formula is C15H22N4O. The minimum Gasteiger partial charge on any atom is -0.491 e. The Morgan fingerprint density at radius 3 is 2.75 bits per heavy atom.